The summed E-state index contributed by atoms with van der Waals surface area (Å²) < 4.78 is 15.8. The minimum Gasteiger partial charge on any atom is -0.413 e. The van der Waals surface area contributed by atoms with Crippen LogP contribution in [-0.2, 0) is 8.23 Å². The molecular weight excluding hydrogens is 597 g/mol. The van der Waals surface area contributed by atoms with Gasteiger partial charge in [-0.2, -0.15) is 0 Å². The quantitative estimate of drug-likeness (QED) is 0.168. The van der Waals surface area contributed by atoms with Gasteiger partial charge in [0.2, 0.25) is 0 Å². The number of benzene rings is 6. The van der Waals surface area contributed by atoms with Crippen molar-refractivity contribution < 1.29 is 8.23 Å². The lowest BCUT2D eigenvalue weighted by molar-refractivity contribution is 0.431. The van der Waals surface area contributed by atoms with Gasteiger partial charge in [-0.3, -0.25) is 0 Å². The lowest BCUT2D eigenvalue weighted by Gasteiger charge is -2.44. The fourth-order valence-electron chi connectivity index (χ4n) is 5.82. The average molecular weight is 629 g/mol. The van der Waals surface area contributed by atoms with E-state index in [-0.39, 0.29) is 0 Å². The van der Waals surface area contributed by atoms with Crippen LogP contribution in [0.3, 0.4) is 0 Å². The van der Waals surface area contributed by atoms with Gasteiger partial charge in [0.15, 0.2) is 0 Å². The van der Waals surface area contributed by atoms with E-state index >= 15 is 0 Å². The fourth-order valence-corrected chi connectivity index (χ4v) is 19.6. The molecule has 0 radical (unpaired) electrons. The van der Waals surface area contributed by atoms with E-state index < -0.39 is 25.2 Å². The smallest absolute Gasteiger partial charge is 0.388 e. The summed E-state index contributed by atoms with van der Waals surface area (Å²) in [6.07, 6.45) is 13.4. The van der Waals surface area contributed by atoms with Gasteiger partial charge in [-0.1, -0.05) is 193 Å². The highest BCUT2D eigenvalue weighted by Gasteiger charge is 2.57. The van der Waals surface area contributed by atoms with Crippen LogP contribution < -0.4 is 31.1 Å². The van der Waals surface area contributed by atoms with Gasteiger partial charge in [0.1, 0.15) is 0 Å². The molecule has 5 heteroatoms. The molecule has 0 saturated heterocycles. The van der Waals surface area contributed by atoms with Gasteiger partial charge in [-0.25, -0.2) is 0 Å². The minimum atomic E-state index is -3.75. The summed E-state index contributed by atoms with van der Waals surface area (Å²) in [6, 6.07) is 61.3. The van der Waals surface area contributed by atoms with Crippen LogP contribution in [0.1, 0.15) is 0 Å². The first-order chi connectivity index (χ1) is 22.2. The highest BCUT2D eigenvalue weighted by atomic mass is 28.5. The second-order valence-corrected chi connectivity index (χ2v) is 20.3. The molecule has 0 spiro atoms. The van der Waals surface area contributed by atoms with Crippen LogP contribution in [0.15, 0.2) is 182 Å². The summed E-state index contributed by atoms with van der Waals surface area (Å²) in [5.41, 5.74) is 6.52. The van der Waals surface area contributed by atoms with Crippen molar-refractivity contribution in [1.29, 1.82) is 0 Å². The molecule has 0 unspecified atom stereocenters. The third-order valence-electron chi connectivity index (χ3n) is 8.03. The first-order valence-corrected chi connectivity index (χ1v) is 20.5. The maximum Gasteiger partial charge on any atom is 0.388 e. The molecule has 0 N–H and O–H groups in total. The van der Waals surface area contributed by atoms with Crippen LogP contribution in [0.25, 0.3) is 0 Å². The molecule has 0 heterocycles. The Labute approximate surface area is 269 Å². The molecule has 2 nitrogen and oxygen atoms in total. The molecule has 6 rings (SSSR count). The lowest BCUT2D eigenvalue weighted by Crippen LogP contribution is -2.79. The largest absolute Gasteiger partial charge is 0.413 e. The van der Waals surface area contributed by atoms with E-state index in [0.29, 0.717) is 0 Å². The fraction of sp³-hybridized carbons (Fsp3) is 0. The Morgan fingerprint density at radius 3 is 0.711 bits per heavy atom. The van der Waals surface area contributed by atoms with Gasteiger partial charge in [0, 0.05) is 0 Å². The summed E-state index contributed by atoms with van der Waals surface area (Å²) in [6.45, 7) is 0. The molecule has 0 aromatic heterocycles. The normalized spacial score (nSPS) is 11.7. The Balaban J connectivity index is 1.72. The van der Waals surface area contributed by atoms with Gasteiger partial charge in [0.05, 0.1) is 0 Å². The molecule has 0 aliphatic heterocycles. The van der Waals surface area contributed by atoms with Gasteiger partial charge in [-0.15, -0.1) is 12.8 Å². The zero-order valence-electron chi connectivity index (χ0n) is 24.8. The topological polar surface area (TPSA) is 18.5 Å². The SMILES string of the molecule is C#C[Si](O[Si](O[Si](C#C)(c1ccccc1)c1ccccc1)(c1ccccc1)c1ccccc1)(c1ccccc1)c1ccccc1. The molecule has 216 valence electrons. The van der Waals surface area contributed by atoms with Crippen molar-refractivity contribution in [2.75, 3.05) is 0 Å². The van der Waals surface area contributed by atoms with Crippen molar-refractivity contribution in [2.45, 2.75) is 0 Å². The van der Waals surface area contributed by atoms with Crippen molar-refractivity contribution in [3.8, 4) is 23.9 Å². The van der Waals surface area contributed by atoms with E-state index in [1.54, 1.807) is 0 Å². The first kappa shape index (κ1) is 30.1. The third-order valence-corrected chi connectivity index (χ3v) is 20.4. The van der Waals surface area contributed by atoms with Crippen LogP contribution in [-0.4, -0.2) is 25.2 Å². The van der Waals surface area contributed by atoms with Gasteiger partial charge >= 0.3 is 25.2 Å². The van der Waals surface area contributed by atoms with E-state index in [0.717, 1.165) is 31.1 Å². The van der Waals surface area contributed by atoms with Crippen LogP contribution in [0.2, 0.25) is 0 Å². The summed E-state index contributed by atoms with van der Waals surface area (Å²) in [4.78, 5) is 0. The third kappa shape index (κ3) is 5.68. The number of rotatable bonds is 10. The van der Waals surface area contributed by atoms with Crippen molar-refractivity contribution in [1.82, 2.24) is 0 Å². The Hall–Kier alpha value is -4.99. The van der Waals surface area contributed by atoms with E-state index in [1.807, 2.05) is 109 Å². The highest BCUT2D eigenvalue weighted by Crippen LogP contribution is 2.23. The second kappa shape index (κ2) is 13.3. The zero-order valence-corrected chi connectivity index (χ0v) is 27.8. The monoisotopic (exact) mass is 628 g/mol. The molecule has 45 heavy (non-hydrogen) atoms. The maximum absolute atomic E-state index is 7.88. The van der Waals surface area contributed by atoms with Crippen molar-refractivity contribution in [3.05, 3.63) is 182 Å². The second-order valence-electron chi connectivity index (χ2n) is 10.7. The first-order valence-electron chi connectivity index (χ1n) is 14.9. The van der Waals surface area contributed by atoms with Crippen LogP contribution >= 0.6 is 0 Å². The van der Waals surface area contributed by atoms with Gasteiger partial charge in [0.25, 0.3) is 0 Å². The standard InChI is InChI=1S/C40H32O2Si3/c1-3-43(35-23-11-5-12-24-35,36-25-13-6-14-26-36)41-45(39-31-19-9-20-32-39,40-33-21-10-22-34-40)42-44(4-2,37-27-15-7-16-28-37)38-29-17-8-18-30-38/h1-2,5-34H. The molecule has 0 atom stereocenters. The molecular formula is C40H32O2Si3. The molecule has 0 saturated carbocycles. The summed E-state index contributed by atoms with van der Waals surface area (Å²) in [5, 5.41) is 5.76. The molecule has 6 aromatic carbocycles. The van der Waals surface area contributed by atoms with Crippen LogP contribution in [0.4, 0.5) is 0 Å². The molecule has 0 aliphatic carbocycles. The van der Waals surface area contributed by atoms with E-state index in [4.69, 9.17) is 21.1 Å². The highest BCUT2D eigenvalue weighted by molar-refractivity contribution is 7.15. The maximum atomic E-state index is 7.88. The van der Waals surface area contributed by atoms with Crippen LogP contribution in [0.5, 0.6) is 0 Å². The lowest BCUT2D eigenvalue weighted by atomic mass is 10.4. The van der Waals surface area contributed by atoms with Crippen molar-refractivity contribution in [3.63, 3.8) is 0 Å². The van der Waals surface area contributed by atoms with Crippen molar-refractivity contribution >= 4 is 56.3 Å². The average Bonchev–Trinajstić information content (AvgIpc) is 3.14. The van der Waals surface area contributed by atoms with Gasteiger partial charge in [-0.05, 0) is 31.1 Å². The molecule has 0 bridgehead atoms. The van der Waals surface area contributed by atoms with E-state index in [1.165, 1.54) is 0 Å². The van der Waals surface area contributed by atoms with Crippen LogP contribution in [0, 0.1) is 23.9 Å². The number of hydrogen-bond acceptors (Lipinski definition) is 2. The predicted octanol–water partition coefficient (Wildman–Crippen LogP) is 4.14. The molecule has 0 aliphatic rings. The Kier molecular flexibility index (Phi) is 8.91. The molecule has 6 aromatic rings. The molecule has 0 amide bonds. The summed E-state index contributed by atoms with van der Waals surface area (Å²) in [5.74, 6) is 0. The Morgan fingerprint density at radius 1 is 0.311 bits per heavy atom. The van der Waals surface area contributed by atoms with E-state index in [9.17, 15) is 0 Å². The summed E-state index contributed by atoms with van der Waals surface area (Å²) >= 11 is 0. The zero-order chi connectivity index (χ0) is 31.0. The summed E-state index contributed by atoms with van der Waals surface area (Å²) in [7, 11) is -10.6. The number of terminal acetylenes is 2. The Morgan fingerprint density at radius 2 is 0.511 bits per heavy atom. The molecule has 0 fully saturated rings. The van der Waals surface area contributed by atoms with Crippen molar-refractivity contribution in [2.24, 2.45) is 0 Å². The van der Waals surface area contributed by atoms with E-state index in [2.05, 4.69) is 83.9 Å². The Bertz CT molecular complexity index is 1680. The minimum absolute atomic E-state index is 0.939. The predicted molar refractivity (Wildman–Crippen MR) is 194 cm³/mol. The van der Waals surface area contributed by atoms with Gasteiger partial charge < -0.3 is 8.23 Å². The number of hydrogen-bond donors (Lipinski definition) is 0.